The fourth-order valence-electron chi connectivity index (χ4n) is 3.24. The highest BCUT2D eigenvalue weighted by atomic mass is 32.2. The summed E-state index contributed by atoms with van der Waals surface area (Å²) in [6.45, 7) is 1.73. The fourth-order valence-corrected chi connectivity index (χ4v) is 4.77. The highest BCUT2D eigenvalue weighted by Gasteiger charge is 2.32. The quantitative estimate of drug-likeness (QED) is 0.822. The number of sulfonamides is 1. The molecule has 7 heteroatoms. The Labute approximate surface area is 153 Å². The molecule has 2 aromatic carbocycles. The van der Waals surface area contributed by atoms with Gasteiger partial charge in [-0.05, 0) is 37.1 Å². The molecular weight excluding hydrogens is 354 g/mol. The molecule has 0 bridgehead atoms. The van der Waals surface area contributed by atoms with Crippen LogP contribution in [0, 0.1) is 0 Å². The molecule has 0 radical (unpaired) electrons. The van der Waals surface area contributed by atoms with E-state index in [0.717, 1.165) is 18.6 Å². The summed E-state index contributed by atoms with van der Waals surface area (Å²) in [7, 11) is -3.60. The molecule has 6 nitrogen and oxygen atoms in total. The number of benzene rings is 2. The molecule has 1 saturated heterocycles. The van der Waals surface area contributed by atoms with Crippen LogP contribution < -0.4 is 14.2 Å². The monoisotopic (exact) mass is 375 g/mol. The van der Waals surface area contributed by atoms with Crippen molar-refractivity contribution in [1.82, 2.24) is 4.31 Å². The Hall–Kier alpha value is -2.25. The molecule has 0 spiro atoms. The van der Waals surface area contributed by atoms with Crippen LogP contribution in [0.4, 0.5) is 0 Å². The van der Waals surface area contributed by atoms with E-state index in [1.807, 2.05) is 30.3 Å². The smallest absolute Gasteiger partial charge is 0.243 e. The molecule has 1 unspecified atom stereocenters. The zero-order valence-corrected chi connectivity index (χ0v) is 15.2. The molecular formula is C19H21NO5S. The molecule has 0 aromatic heterocycles. The van der Waals surface area contributed by atoms with Crippen LogP contribution in [-0.4, -0.2) is 45.1 Å². The molecule has 1 fully saturated rings. The SMILES string of the molecule is O=S(=O)(c1ccc2c(c1)OCCO2)N1CCCC(Oc2ccccc2)C1. The molecule has 1 atom stereocenters. The van der Waals surface area contributed by atoms with E-state index in [-0.39, 0.29) is 11.0 Å². The molecule has 4 rings (SSSR count). The standard InChI is InChI=1S/C19H21NO5S/c21-26(22,17-8-9-18-19(13-17)24-12-11-23-18)20-10-4-7-16(14-20)25-15-5-2-1-3-6-15/h1-3,5-6,8-9,13,16H,4,7,10-12,14H2. The predicted molar refractivity (Wildman–Crippen MR) is 96.3 cm³/mol. The van der Waals surface area contributed by atoms with Gasteiger partial charge < -0.3 is 14.2 Å². The first-order valence-corrected chi connectivity index (χ1v) is 10.2. The van der Waals surface area contributed by atoms with Gasteiger partial charge in [0.2, 0.25) is 10.0 Å². The third-order valence-corrected chi connectivity index (χ3v) is 6.40. The number of nitrogens with zero attached hydrogens (tertiary/aromatic N) is 1. The molecule has 0 saturated carbocycles. The van der Waals surface area contributed by atoms with Crippen LogP contribution in [0.3, 0.4) is 0 Å². The van der Waals surface area contributed by atoms with Crippen molar-refractivity contribution in [2.24, 2.45) is 0 Å². The minimum absolute atomic E-state index is 0.155. The molecule has 2 aliphatic rings. The molecule has 0 amide bonds. The maximum atomic E-state index is 13.0. The Kier molecular flexibility index (Phi) is 4.74. The van der Waals surface area contributed by atoms with Gasteiger partial charge in [0.25, 0.3) is 0 Å². The molecule has 138 valence electrons. The second-order valence-electron chi connectivity index (χ2n) is 6.36. The number of rotatable bonds is 4. The highest BCUT2D eigenvalue weighted by molar-refractivity contribution is 7.89. The minimum Gasteiger partial charge on any atom is -0.489 e. The minimum atomic E-state index is -3.60. The summed E-state index contributed by atoms with van der Waals surface area (Å²) >= 11 is 0. The van der Waals surface area contributed by atoms with Gasteiger partial charge in [-0.1, -0.05) is 18.2 Å². The third-order valence-electron chi connectivity index (χ3n) is 4.54. The number of hydrogen-bond donors (Lipinski definition) is 0. The summed E-state index contributed by atoms with van der Waals surface area (Å²) in [5, 5.41) is 0. The maximum absolute atomic E-state index is 13.0. The Morgan fingerprint density at radius 3 is 2.58 bits per heavy atom. The summed E-state index contributed by atoms with van der Waals surface area (Å²) in [5.74, 6) is 1.82. The topological polar surface area (TPSA) is 65.1 Å². The van der Waals surface area contributed by atoms with Gasteiger partial charge in [-0.2, -0.15) is 4.31 Å². The molecule has 0 aliphatic carbocycles. The van der Waals surface area contributed by atoms with Crippen LogP contribution in [-0.2, 0) is 10.0 Å². The van der Waals surface area contributed by atoms with E-state index in [4.69, 9.17) is 14.2 Å². The van der Waals surface area contributed by atoms with Gasteiger partial charge >= 0.3 is 0 Å². The van der Waals surface area contributed by atoms with Gasteiger partial charge in [-0.25, -0.2) is 8.42 Å². The second-order valence-corrected chi connectivity index (χ2v) is 8.30. The number of fused-ring (bicyclic) bond motifs is 1. The van der Waals surface area contributed by atoms with Gasteiger partial charge in [-0.3, -0.25) is 0 Å². The van der Waals surface area contributed by atoms with Crippen LogP contribution in [0.1, 0.15) is 12.8 Å². The Morgan fingerprint density at radius 2 is 1.77 bits per heavy atom. The van der Waals surface area contributed by atoms with Crippen molar-refractivity contribution in [3.8, 4) is 17.2 Å². The summed E-state index contributed by atoms with van der Waals surface area (Å²) in [5.41, 5.74) is 0. The first-order valence-electron chi connectivity index (χ1n) is 8.74. The number of para-hydroxylation sites is 1. The third kappa shape index (κ3) is 3.50. The van der Waals surface area contributed by atoms with Crippen molar-refractivity contribution in [3.05, 3.63) is 48.5 Å². The van der Waals surface area contributed by atoms with Gasteiger partial charge in [0, 0.05) is 12.6 Å². The first kappa shape index (κ1) is 17.2. The molecule has 2 aliphatic heterocycles. The van der Waals surface area contributed by atoms with E-state index in [2.05, 4.69) is 0 Å². The Bertz CT molecular complexity index is 869. The summed E-state index contributed by atoms with van der Waals surface area (Å²) < 4.78 is 44.5. The molecule has 26 heavy (non-hydrogen) atoms. The fraction of sp³-hybridized carbons (Fsp3) is 0.368. The van der Waals surface area contributed by atoms with E-state index in [0.29, 0.717) is 37.8 Å². The zero-order valence-electron chi connectivity index (χ0n) is 14.3. The van der Waals surface area contributed by atoms with E-state index in [1.54, 1.807) is 18.2 Å². The largest absolute Gasteiger partial charge is 0.489 e. The van der Waals surface area contributed by atoms with Gasteiger partial charge in [0.1, 0.15) is 25.1 Å². The van der Waals surface area contributed by atoms with E-state index in [1.165, 1.54) is 4.31 Å². The molecule has 2 aromatic rings. The van der Waals surface area contributed by atoms with Crippen molar-refractivity contribution in [3.63, 3.8) is 0 Å². The van der Waals surface area contributed by atoms with Crippen LogP contribution in [0.15, 0.2) is 53.4 Å². The maximum Gasteiger partial charge on any atom is 0.243 e. The van der Waals surface area contributed by atoms with Crippen molar-refractivity contribution in [2.45, 2.75) is 23.8 Å². The average Bonchev–Trinajstić information content (AvgIpc) is 2.68. The highest BCUT2D eigenvalue weighted by Crippen LogP contribution is 2.33. The number of hydrogen-bond acceptors (Lipinski definition) is 5. The van der Waals surface area contributed by atoms with Gasteiger partial charge in [0.15, 0.2) is 11.5 Å². The van der Waals surface area contributed by atoms with Crippen molar-refractivity contribution < 1.29 is 22.6 Å². The lowest BCUT2D eigenvalue weighted by molar-refractivity contribution is 0.129. The van der Waals surface area contributed by atoms with Gasteiger partial charge in [-0.15, -0.1) is 0 Å². The number of piperidine rings is 1. The molecule has 0 N–H and O–H groups in total. The van der Waals surface area contributed by atoms with E-state index >= 15 is 0 Å². The summed E-state index contributed by atoms with van der Waals surface area (Å²) in [6, 6.07) is 14.3. The average molecular weight is 375 g/mol. The lowest BCUT2D eigenvalue weighted by atomic mass is 10.1. The predicted octanol–water partition coefficient (Wildman–Crippen LogP) is 2.69. The Balaban J connectivity index is 1.52. The van der Waals surface area contributed by atoms with Crippen LogP contribution >= 0.6 is 0 Å². The lowest BCUT2D eigenvalue weighted by Crippen LogP contribution is -2.44. The second kappa shape index (κ2) is 7.17. The van der Waals surface area contributed by atoms with Crippen LogP contribution in [0.2, 0.25) is 0 Å². The Morgan fingerprint density at radius 1 is 1.00 bits per heavy atom. The summed E-state index contributed by atoms with van der Waals surface area (Å²) in [6.07, 6.45) is 1.45. The molecule has 2 heterocycles. The van der Waals surface area contributed by atoms with Crippen molar-refractivity contribution in [1.29, 1.82) is 0 Å². The van der Waals surface area contributed by atoms with E-state index < -0.39 is 10.0 Å². The van der Waals surface area contributed by atoms with Crippen LogP contribution in [0.5, 0.6) is 17.2 Å². The van der Waals surface area contributed by atoms with Crippen molar-refractivity contribution >= 4 is 10.0 Å². The van der Waals surface area contributed by atoms with Crippen LogP contribution in [0.25, 0.3) is 0 Å². The van der Waals surface area contributed by atoms with Gasteiger partial charge in [0.05, 0.1) is 11.4 Å². The summed E-state index contributed by atoms with van der Waals surface area (Å²) in [4.78, 5) is 0.224. The lowest BCUT2D eigenvalue weighted by Gasteiger charge is -2.32. The first-order chi connectivity index (χ1) is 12.6. The van der Waals surface area contributed by atoms with Crippen molar-refractivity contribution in [2.75, 3.05) is 26.3 Å². The van der Waals surface area contributed by atoms with E-state index in [9.17, 15) is 8.42 Å². The normalized spacial score (nSPS) is 20.5. The zero-order chi connectivity index (χ0) is 18.0. The number of ether oxygens (including phenoxy) is 3.